The smallest absolute Gasteiger partial charge is 0.275 e. The molecule has 6 nitrogen and oxygen atoms in total. The predicted molar refractivity (Wildman–Crippen MR) is 66.4 cm³/mol. The number of methoxy groups -OCH3 is 1. The van der Waals surface area contributed by atoms with Crippen LogP contribution in [0.3, 0.4) is 0 Å². The van der Waals surface area contributed by atoms with Gasteiger partial charge in [-0.3, -0.25) is 10.1 Å². The molecule has 1 rings (SSSR count). The highest BCUT2D eigenvalue weighted by Crippen LogP contribution is 2.27. The molecule has 0 aliphatic heterocycles. The van der Waals surface area contributed by atoms with E-state index in [-0.39, 0.29) is 11.2 Å². The van der Waals surface area contributed by atoms with Gasteiger partial charge in [-0.1, -0.05) is 0 Å². The Morgan fingerprint density at radius 1 is 1.47 bits per heavy atom. The molecule has 17 heavy (non-hydrogen) atoms. The van der Waals surface area contributed by atoms with Gasteiger partial charge >= 0.3 is 0 Å². The number of nitrogens with one attached hydrogen (secondary N) is 1. The minimum atomic E-state index is -0.455. The summed E-state index contributed by atoms with van der Waals surface area (Å²) in [5.74, 6) is 0.439. The zero-order valence-corrected chi connectivity index (χ0v) is 10.2. The largest absolute Gasteiger partial charge is 0.496 e. The van der Waals surface area contributed by atoms with Crippen molar-refractivity contribution >= 4 is 11.4 Å². The Labute approximate surface area is 99.9 Å². The summed E-state index contributed by atoms with van der Waals surface area (Å²) in [4.78, 5) is 10.3. The zero-order chi connectivity index (χ0) is 13.1. The Bertz CT molecular complexity index is 418. The van der Waals surface area contributed by atoms with Crippen LogP contribution in [0, 0.1) is 10.1 Å². The maximum absolute atomic E-state index is 10.8. The van der Waals surface area contributed by atoms with Gasteiger partial charge in [0, 0.05) is 29.9 Å². The van der Waals surface area contributed by atoms with Crippen LogP contribution in [-0.4, -0.2) is 24.1 Å². The lowest BCUT2D eigenvalue weighted by atomic mass is 10.1. The van der Waals surface area contributed by atoms with Crippen LogP contribution in [0.25, 0.3) is 0 Å². The highest BCUT2D eigenvalue weighted by atomic mass is 16.6. The minimum absolute atomic E-state index is 0.0142. The van der Waals surface area contributed by atoms with Crippen LogP contribution in [0.1, 0.15) is 13.8 Å². The van der Waals surface area contributed by atoms with E-state index in [0.717, 1.165) is 0 Å². The Balaban J connectivity index is 3.07. The van der Waals surface area contributed by atoms with Crippen molar-refractivity contribution in [3.63, 3.8) is 0 Å². The molecule has 0 amide bonds. The van der Waals surface area contributed by atoms with Gasteiger partial charge in [0.05, 0.1) is 18.1 Å². The molecule has 0 unspecified atom stereocenters. The minimum Gasteiger partial charge on any atom is -0.496 e. The van der Waals surface area contributed by atoms with Gasteiger partial charge in [0.1, 0.15) is 5.75 Å². The lowest BCUT2D eigenvalue weighted by Crippen LogP contribution is -2.39. The van der Waals surface area contributed by atoms with Gasteiger partial charge in [0.2, 0.25) is 0 Å². The fourth-order valence-electron chi connectivity index (χ4n) is 1.32. The van der Waals surface area contributed by atoms with E-state index in [4.69, 9.17) is 10.5 Å². The lowest BCUT2D eigenvalue weighted by molar-refractivity contribution is -0.384. The summed E-state index contributed by atoms with van der Waals surface area (Å²) in [6.07, 6.45) is 0. The summed E-state index contributed by atoms with van der Waals surface area (Å²) in [5.41, 5.74) is 5.86. The molecule has 0 saturated carbocycles. The molecular formula is C11H17N3O3. The molecule has 0 atom stereocenters. The van der Waals surface area contributed by atoms with Gasteiger partial charge in [-0.15, -0.1) is 0 Å². The van der Waals surface area contributed by atoms with Crippen LogP contribution in [0.4, 0.5) is 11.4 Å². The second kappa shape index (κ2) is 5.01. The Morgan fingerprint density at radius 2 is 2.12 bits per heavy atom. The standard InChI is InChI=1S/C11H17N3O3/c1-11(2,7-12)13-8-4-9(14(15)16)6-10(5-8)17-3/h4-6,13H,7,12H2,1-3H3. The van der Waals surface area contributed by atoms with Crippen molar-refractivity contribution in [3.05, 3.63) is 28.3 Å². The number of hydrogen-bond acceptors (Lipinski definition) is 5. The van der Waals surface area contributed by atoms with Gasteiger partial charge in [0.15, 0.2) is 0 Å². The average Bonchev–Trinajstić information content (AvgIpc) is 2.28. The normalized spacial score (nSPS) is 11.1. The molecule has 1 aromatic carbocycles. The third-order valence-electron chi connectivity index (χ3n) is 2.33. The highest BCUT2D eigenvalue weighted by molar-refractivity contribution is 5.57. The van der Waals surface area contributed by atoms with Crippen LogP contribution >= 0.6 is 0 Å². The van der Waals surface area contributed by atoms with Gasteiger partial charge in [-0.25, -0.2) is 0 Å². The van der Waals surface area contributed by atoms with Gasteiger partial charge in [-0.2, -0.15) is 0 Å². The van der Waals surface area contributed by atoms with E-state index >= 15 is 0 Å². The van der Waals surface area contributed by atoms with E-state index in [1.54, 1.807) is 6.07 Å². The number of nitrogens with zero attached hydrogens (tertiary/aromatic N) is 1. The molecule has 0 bridgehead atoms. The van der Waals surface area contributed by atoms with E-state index in [0.29, 0.717) is 18.0 Å². The van der Waals surface area contributed by atoms with E-state index in [2.05, 4.69) is 5.32 Å². The second-order valence-corrected chi connectivity index (χ2v) is 4.39. The van der Waals surface area contributed by atoms with E-state index in [1.165, 1.54) is 19.2 Å². The monoisotopic (exact) mass is 239 g/mol. The van der Waals surface area contributed by atoms with Crippen molar-refractivity contribution < 1.29 is 9.66 Å². The number of hydrogen-bond donors (Lipinski definition) is 2. The summed E-state index contributed by atoms with van der Waals surface area (Å²) in [7, 11) is 1.47. The lowest BCUT2D eigenvalue weighted by Gasteiger charge is -2.25. The van der Waals surface area contributed by atoms with Crippen LogP contribution < -0.4 is 15.8 Å². The maximum Gasteiger partial charge on any atom is 0.275 e. The zero-order valence-electron chi connectivity index (χ0n) is 10.2. The molecule has 0 heterocycles. The third-order valence-corrected chi connectivity index (χ3v) is 2.33. The molecule has 0 aliphatic carbocycles. The molecule has 0 spiro atoms. The molecule has 0 saturated heterocycles. The third kappa shape index (κ3) is 3.60. The molecule has 3 N–H and O–H groups in total. The molecular weight excluding hydrogens is 222 g/mol. The van der Waals surface area contributed by atoms with Gasteiger partial charge < -0.3 is 15.8 Å². The van der Waals surface area contributed by atoms with Crippen LogP contribution in [0.2, 0.25) is 0 Å². The van der Waals surface area contributed by atoms with Gasteiger partial charge in [0.25, 0.3) is 5.69 Å². The summed E-state index contributed by atoms with van der Waals surface area (Å²) in [6, 6.07) is 4.53. The first-order valence-corrected chi connectivity index (χ1v) is 5.19. The number of anilines is 1. The highest BCUT2D eigenvalue weighted by Gasteiger charge is 2.17. The number of nitro groups is 1. The fourth-order valence-corrected chi connectivity index (χ4v) is 1.32. The number of nitrogens with two attached hydrogens (primary N) is 1. The number of rotatable bonds is 5. The summed E-state index contributed by atoms with van der Waals surface area (Å²) in [5, 5.41) is 13.9. The van der Waals surface area contributed by atoms with Crippen LogP contribution in [0.15, 0.2) is 18.2 Å². The van der Waals surface area contributed by atoms with Crippen molar-refractivity contribution in [2.45, 2.75) is 19.4 Å². The Morgan fingerprint density at radius 3 is 2.59 bits per heavy atom. The average molecular weight is 239 g/mol. The van der Waals surface area contributed by atoms with Crippen molar-refractivity contribution in [3.8, 4) is 5.75 Å². The molecule has 0 fully saturated rings. The number of benzene rings is 1. The van der Waals surface area contributed by atoms with Crippen molar-refractivity contribution in [2.24, 2.45) is 5.73 Å². The molecule has 6 heteroatoms. The SMILES string of the molecule is COc1cc(NC(C)(C)CN)cc([N+](=O)[O-])c1. The van der Waals surface area contributed by atoms with E-state index in [9.17, 15) is 10.1 Å². The number of nitro benzene ring substituents is 1. The predicted octanol–water partition coefficient (Wildman–Crippen LogP) is 1.75. The van der Waals surface area contributed by atoms with Crippen molar-refractivity contribution in [1.82, 2.24) is 0 Å². The van der Waals surface area contributed by atoms with E-state index in [1.807, 2.05) is 13.8 Å². The molecule has 0 aromatic heterocycles. The Hall–Kier alpha value is -1.82. The first-order valence-electron chi connectivity index (χ1n) is 5.19. The fraction of sp³-hybridized carbons (Fsp3) is 0.455. The first-order chi connectivity index (χ1) is 7.88. The van der Waals surface area contributed by atoms with Crippen LogP contribution in [0.5, 0.6) is 5.75 Å². The first kappa shape index (κ1) is 13.2. The summed E-state index contributed by atoms with van der Waals surface area (Å²) >= 11 is 0. The summed E-state index contributed by atoms with van der Waals surface area (Å²) < 4.78 is 5.02. The van der Waals surface area contributed by atoms with Crippen LogP contribution in [-0.2, 0) is 0 Å². The topological polar surface area (TPSA) is 90.4 Å². The van der Waals surface area contributed by atoms with Crippen molar-refractivity contribution in [1.29, 1.82) is 0 Å². The molecule has 0 radical (unpaired) electrons. The molecule has 1 aromatic rings. The Kier molecular flexibility index (Phi) is 3.90. The molecule has 94 valence electrons. The second-order valence-electron chi connectivity index (χ2n) is 4.39. The quantitative estimate of drug-likeness (QED) is 0.603. The van der Waals surface area contributed by atoms with Crippen molar-refractivity contribution in [2.75, 3.05) is 19.0 Å². The van der Waals surface area contributed by atoms with Gasteiger partial charge in [-0.05, 0) is 13.8 Å². The van der Waals surface area contributed by atoms with E-state index < -0.39 is 4.92 Å². The molecule has 0 aliphatic rings. The maximum atomic E-state index is 10.8. The number of non-ortho nitro benzene ring substituents is 1. The number of ether oxygens (including phenoxy) is 1. The summed E-state index contributed by atoms with van der Waals surface area (Å²) in [6.45, 7) is 4.24.